The molecule has 1 N–H and O–H groups in total. The summed E-state index contributed by atoms with van der Waals surface area (Å²) in [7, 11) is 0. The first-order valence-corrected chi connectivity index (χ1v) is 11.5. The van der Waals surface area contributed by atoms with Crippen molar-refractivity contribution in [1.29, 1.82) is 0 Å². The second-order valence-electron chi connectivity index (χ2n) is 9.56. The van der Waals surface area contributed by atoms with E-state index in [1.165, 1.54) is 51.0 Å². The van der Waals surface area contributed by atoms with Crippen LogP contribution in [0.1, 0.15) is 70.3 Å². The van der Waals surface area contributed by atoms with Crippen LogP contribution < -0.4 is 0 Å². The molecule has 28 heavy (non-hydrogen) atoms. The van der Waals surface area contributed by atoms with Gasteiger partial charge in [-0.3, -0.25) is 9.80 Å². The lowest BCUT2D eigenvalue weighted by atomic mass is 9.63. The minimum Gasteiger partial charge on any atom is -0.386 e. The quantitative estimate of drug-likeness (QED) is 0.829. The molecule has 4 heteroatoms. The molecule has 1 aliphatic carbocycles. The van der Waals surface area contributed by atoms with Gasteiger partial charge in [-0.15, -0.1) is 0 Å². The fraction of sp³-hybridized carbons (Fsp3) is 0.750. The van der Waals surface area contributed by atoms with E-state index in [-0.39, 0.29) is 17.4 Å². The summed E-state index contributed by atoms with van der Waals surface area (Å²) in [4.78, 5) is 5.13. The highest BCUT2D eigenvalue weighted by Gasteiger charge is 2.58. The van der Waals surface area contributed by atoms with E-state index in [2.05, 4.69) is 16.7 Å². The second kappa shape index (κ2) is 8.41. The van der Waals surface area contributed by atoms with Crippen LogP contribution in [0.4, 0.5) is 4.39 Å². The summed E-state index contributed by atoms with van der Waals surface area (Å²) in [5, 5.41) is 12.5. The van der Waals surface area contributed by atoms with Crippen molar-refractivity contribution in [3.05, 3.63) is 35.6 Å². The van der Waals surface area contributed by atoms with Crippen molar-refractivity contribution in [1.82, 2.24) is 9.80 Å². The van der Waals surface area contributed by atoms with Gasteiger partial charge < -0.3 is 5.11 Å². The standard InChI is InChI=1S/C24H37FN2O/c1-23(27-16-6-3-7-17-27)13-9-12-22(26-14-4-2-5-15-26)24(23,28)19-20-10-8-11-21(25)18-20/h8,10-11,18,22,28H,2-7,9,12-17,19H2,1H3. The van der Waals surface area contributed by atoms with E-state index in [1.54, 1.807) is 12.1 Å². The zero-order chi connectivity index (χ0) is 19.6. The summed E-state index contributed by atoms with van der Waals surface area (Å²) in [5.41, 5.74) is -0.178. The normalized spacial score (nSPS) is 35.8. The number of likely N-dealkylation sites (tertiary alicyclic amines) is 2. The maximum Gasteiger partial charge on any atom is 0.123 e. The monoisotopic (exact) mass is 388 g/mol. The molecule has 2 heterocycles. The first-order chi connectivity index (χ1) is 13.5. The molecule has 0 bridgehead atoms. The molecule has 3 nitrogen and oxygen atoms in total. The van der Waals surface area contributed by atoms with Gasteiger partial charge >= 0.3 is 0 Å². The van der Waals surface area contributed by atoms with Crippen molar-refractivity contribution in [2.75, 3.05) is 26.2 Å². The van der Waals surface area contributed by atoms with Gasteiger partial charge in [0.1, 0.15) is 11.4 Å². The van der Waals surface area contributed by atoms with Crippen LogP contribution in [-0.2, 0) is 6.42 Å². The SMILES string of the molecule is CC1(N2CCCCC2)CCCC(N2CCCCC2)C1(O)Cc1cccc(F)c1. The summed E-state index contributed by atoms with van der Waals surface area (Å²) < 4.78 is 13.9. The zero-order valence-corrected chi connectivity index (χ0v) is 17.5. The summed E-state index contributed by atoms with van der Waals surface area (Å²) >= 11 is 0. The lowest BCUT2D eigenvalue weighted by Crippen LogP contribution is -2.73. The Morgan fingerprint density at radius 3 is 2.36 bits per heavy atom. The summed E-state index contributed by atoms with van der Waals surface area (Å²) in [6.45, 7) is 6.63. The van der Waals surface area contributed by atoms with E-state index < -0.39 is 5.60 Å². The van der Waals surface area contributed by atoms with Gasteiger partial charge in [0.2, 0.25) is 0 Å². The van der Waals surface area contributed by atoms with E-state index >= 15 is 0 Å². The van der Waals surface area contributed by atoms with E-state index in [0.29, 0.717) is 6.42 Å². The number of halogens is 1. The second-order valence-corrected chi connectivity index (χ2v) is 9.56. The summed E-state index contributed by atoms with van der Waals surface area (Å²) in [6.07, 6.45) is 11.3. The molecule has 1 aromatic carbocycles. The third-order valence-corrected chi connectivity index (χ3v) is 7.87. The molecule has 0 spiro atoms. The Morgan fingerprint density at radius 2 is 1.68 bits per heavy atom. The molecule has 2 saturated heterocycles. The van der Waals surface area contributed by atoms with Gasteiger partial charge in [-0.2, -0.15) is 0 Å². The van der Waals surface area contributed by atoms with Crippen LogP contribution in [0.2, 0.25) is 0 Å². The lowest BCUT2D eigenvalue weighted by molar-refractivity contribution is -0.177. The fourth-order valence-corrected chi connectivity index (χ4v) is 6.25. The zero-order valence-electron chi connectivity index (χ0n) is 17.5. The predicted molar refractivity (Wildman–Crippen MR) is 112 cm³/mol. The highest BCUT2D eigenvalue weighted by molar-refractivity contribution is 5.24. The van der Waals surface area contributed by atoms with Crippen molar-refractivity contribution < 1.29 is 9.50 Å². The molecule has 0 radical (unpaired) electrons. The molecule has 4 rings (SSSR count). The number of benzene rings is 1. The van der Waals surface area contributed by atoms with Crippen molar-refractivity contribution in [3.63, 3.8) is 0 Å². The van der Waals surface area contributed by atoms with Crippen molar-refractivity contribution >= 4 is 0 Å². The number of hydrogen-bond acceptors (Lipinski definition) is 3. The van der Waals surface area contributed by atoms with Gasteiger partial charge in [-0.1, -0.05) is 25.0 Å². The van der Waals surface area contributed by atoms with Crippen molar-refractivity contribution in [2.45, 2.75) is 88.3 Å². The third kappa shape index (κ3) is 3.76. The molecule has 3 unspecified atom stereocenters. The molecule has 0 aromatic heterocycles. The predicted octanol–water partition coefficient (Wildman–Crippen LogP) is 4.38. The Labute approximate surface area is 169 Å². The summed E-state index contributed by atoms with van der Waals surface area (Å²) in [5.74, 6) is -0.203. The molecular formula is C24H37FN2O. The van der Waals surface area contributed by atoms with Crippen LogP contribution in [0.3, 0.4) is 0 Å². The Bertz CT molecular complexity index is 656. The van der Waals surface area contributed by atoms with Gasteiger partial charge in [-0.05, 0) is 95.7 Å². The molecular weight excluding hydrogens is 351 g/mol. The maximum absolute atomic E-state index is 13.9. The first-order valence-electron chi connectivity index (χ1n) is 11.5. The number of nitrogens with zero attached hydrogens (tertiary/aromatic N) is 2. The Kier molecular flexibility index (Phi) is 6.10. The highest BCUT2D eigenvalue weighted by atomic mass is 19.1. The largest absolute Gasteiger partial charge is 0.386 e. The van der Waals surface area contributed by atoms with Gasteiger partial charge in [-0.25, -0.2) is 4.39 Å². The summed E-state index contributed by atoms with van der Waals surface area (Å²) in [6, 6.07) is 7.05. The molecule has 3 aliphatic rings. The van der Waals surface area contributed by atoms with Crippen LogP contribution in [0, 0.1) is 5.82 Å². The molecule has 1 saturated carbocycles. The van der Waals surface area contributed by atoms with Gasteiger partial charge in [0.15, 0.2) is 0 Å². The molecule has 156 valence electrons. The minimum atomic E-state index is -0.853. The van der Waals surface area contributed by atoms with Crippen LogP contribution in [0.5, 0.6) is 0 Å². The van der Waals surface area contributed by atoms with E-state index in [4.69, 9.17) is 0 Å². The number of aliphatic hydroxyl groups is 1. The average Bonchev–Trinajstić information content (AvgIpc) is 2.71. The molecule has 3 atom stereocenters. The van der Waals surface area contributed by atoms with Crippen LogP contribution in [-0.4, -0.2) is 58.3 Å². The lowest BCUT2D eigenvalue weighted by Gasteiger charge is -2.61. The van der Waals surface area contributed by atoms with Crippen LogP contribution in [0.15, 0.2) is 24.3 Å². The van der Waals surface area contributed by atoms with Crippen molar-refractivity contribution in [3.8, 4) is 0 Å². The van der Waals surface area contributed by atoms with Gasteiger partial charge in [0.25, 0.3) is 0 Å². The highest BCUT2D eigenvalue weighted by Crippen LogP contribution is 2.46. The average molecular weight is 389 g/mol. The third-order valence-electron chi connectivity index (χ3n) is 7.87. The fourth-order valence-electron chi connectivity index (χ4n) is 6.25. The minimum absolute atomic E-state index is 0.164. The molecule has 3 fully saturated rings. The Morgan fingerprint density at radius 1 is 1.00 bits per heavy atom. The first kappa shape index (κ1) is 20.3. The number of hydrogen-bond donors (Lipinski definition) is 1. The Balaban J connectivity index is 1.70. The van der Waals surface area contributed by atoms with Crippen LogP contribution >= 0.6 is 0 Å². The van der Waals surface area contributed by atoms with E-state index in [9.17, 15) is 9.50 Å². The molecule has 0 amide bonds. The maximum atomic E-state index is 13.9. The van der Waals surface area contributed by atoms with E-state index in [1.807, 2.05) is 6.07 Å². The smallest absolute Gasteiger partial charge is 0.123 e. The van der Waals surface area contributed by atoms with Gasteiger partial charge in [0, 0.05) is 18.0 Å². The molecule has 2 aliphatic heterocycles. The van der Waals surface area contributed by atoms with Crippen LogP contribution in [0.25, 0.3) is 0 Å². The van der Waals surface area contributed by atoms with Gasteiger partial charge in [0.05, 0.1) is 0 Å². The number of rotatable bonds is 4. The van der Waals surface area contributed by atoms with E-state index in [0.717, 1.165) is 44.6 Å². The van der Waals surface area contributed by atoms with Crippen molar-refractivity contribution in [2.24, 2.45) is 0 Å². The molecule has 1 aromatic rings. The number of piperidine rings is 2. The topological polar surface area (TPSA) is 26.7 Å². The Hall–Kier alpha value is -0.970.